The van der Waals surface area contributed by atoms with Crippen molar-refractivity contribution in [3.63, 3.8) is 0 Å². The fraction of sp³-hybridized carbons (Fsp3) is 0.364. The van der Waals surface area contributed by atoms with Crippen molar-refractivity contribution < 1.29 is 24.5 Å². The zero-order valence-corrected chi connectivity index (χ0v) is 16.4. The molecule has 0 saturated heterocycles. The summed E-state index contributed by atoms with van der Waals surface area (Å²) in [5.74, 6) is -1.37. The molecule has 28 heavy (non-hydrogen) atoms. The highest BCUT2D eigenvalue weighted by molar-refractivity contribution is 6.31. The molecule has 1 aliphatic rings. The van der Waals surface area contributed by atoms with Gasteiger partial charge in [0.2, 0.25) is 0 Å². The summed E-state index contributed by atoms with van der Waals surface area (Å²) < 4.78 is 6.03. The average Bonchev–Trinajstić information content (AvgIpc) is 2.67. The highest BCUT2D eigenvalue weighted by atomic mass is 16.5. The minimum atomic E-state index is -0.830. The predicted molar refractivity (Wildman–Crippen MR) is 106 cm³/mol. The number of nitrogen functional groups attached to an aromatic ring is 1. The van der Waals surface area contributed by atoms with E-state index in [-0.39, 0.29) is 45.4 Å². The number of aliphatic hydroxyl groups excluding tert-OH is 1. The molecule has 0 aromatic heterocycles. The molecule has 6 nitrogen and oxygen atoms in total. The number of fused-ring (bicyclic) bond motifs is 2. The van der Waals surface area contributed by atoms with Crippen LogP contribution in [0, 0.1) is 5.92 Å². The van der Waals surface area contributed by atoms with E-state index in [9.17, 15) is 19.8 Å². The third-order valence-corrected chi connectivity index (χ3v) is 5.64. The number of phenols is 1. The summed E-state index contributed by atoms with van der Waals surface area (Å²) in [6, 6.07) is 7.71. The number of nitrogens with two attached hydrogens (primary N) is 1. The first kappa shape index (κ1) is 19.9. The van der Waals surface area contributed by atoms with E-state index in [1.54, 1.807) is 38.1 Å². The zero-order valence-electron chi connectivity index (χ0n) is 16.4. The number of benzene rings is 2. The number of aromatic hydroxyl groups is 1. The summed E-state index contributed by atoms with van der Waals surface area (Å²) in [4.78, 5) is 25.8. The van der Waals surface area contributed by atoms with Gasteiger partial charge in [0.1, 0.15) is 17.1 Å². The minimum absolute atomic E-state index is 0.00640. The summed E-state index contributed by atoms with van der Waals surface area (Å²) in [5.41, 5.74) is 5.74. The Bertz CT molecular complexity index is 964. The first-order valence-electron chi connectivity index (χ1n) is 9.31. The van der Waals surface area contributed by atoms with Crippen LogP contribution >= 0.6 is 0 Å². The summed E-state index contributed by atoms with van der Waals surface area (Å²) in [5, 5.41) is 20.7. The maximum Gasteiger partial charge on any atom is 0.198 e. The van der Waals surface area contributed by atoms with Crippen LogP contribution in [-0.4, -0.2) is 33.5 Å². The van der Waals surface area contributed by atoms with Crippen molar-refractivity contribution in [1.29, 1.82) is 0 Å². The van der Waals surface area contributed by atoms with Gasteiger partial charge in [-0.2, -0.15) is 0 Å². The number of aliphatic hydroxyl groups is 1. The molecule has 2 unspecified atom stereocenters. The first-order valence-corrected chi connectivity index (χ1v) is 9.31. The molecule has 2 aromatic rings. The summed E-state index contributed by atoms with van der Waals surface area (Å²) in [6.07, 6.45) is -0.0274. The van der Waals surface area contributed by atoms with Crippen molar-refractivity contribution in [2.45, 2.75) is 45.8 Å². The number of phenolic OH excluding ortho intramolecular Hbond substituents is 1. The Balaban J connectivity index is 2.10. The van der Waals surface area contributed by atoms with E-state index >= 15 is 0 Å². The van der Waals surface area contributed by atoms with E-state index in [1.165, 1.54) is 6.07 Å². The standard InChI is InChI=1S/C22H25NO5/c1-5-14(24)11(2)22(3,4)28-16-10-15(25)17-18(19(16)23)21(27)13-9-7-6-8-12(13)20(17)26/h6-11,14,24-25H,5,23H2,1-4H3. The fourth-order valence-electron chi connectivity index (χ4n) is 3.55. The molecular weight excluding hydrogens is 358 g/mol. The molecular formula is C22H25NO5. The Morgan fingerprint density at radius 3 is 2.18 bits per heavy atom. The Morgan fingerprint density at radius 1 is 1.11 bits per heavy atom. The molecule has 0 radical (unpaired) electrons. The molecule has 148 valence electrons. The van der Waals surface area contributed by atoms with E-state index in [1.807, 2.05) is 13.8 Å². The number of carbonyl (C=O) groups is 2. The lowest BCUT2D eigenvalue weighted by molar-refractivity contribution is -0.0205. The smallest absolute Gasteiger partial charge is 0.198 e. The molecule has 2 atom stereocenters. The van der Waals surface area contributed by atoms with Crippen molar-refractivity contribution in [3.05, 3.63) is 52.6 Å². The number of hydrogen-bond acceptors (Lipinski definition) is 6. The molecule has 0 bridgehead atoms. The SMILES string of the molecule is CCC(O)C(C)C(C)(C)Oc1cc(O)c2c(c1N)C(=O)c1ccccc1C2=O. The number of anilines is 1. The molecule has 2 aromatic carbocycles. The zero-order chi connectivity index (χ0) is 20.8. The maximum atomic E-state index is 13.0. The van der Waals surface area contributed by atoms with E-state index in [0.717, 1.165) is 0 Å². The van der Waals surface area contributed by atoms with Crippen molar-refractivity contribution >= 4 is 17.3 Å². The third-order valence-electron chi connectivity index (χ3n) is 5.64. The van der Waals surface area contributed by atoms with Gasteiger partial charge in [-0.05, 0) is 20.3 Å². The largest absolute Gasteiger partial charge is 0.507 e. The van der Waals surface area contributed by atoms with Gasteiger partial charge in [-0.1, -0.05) is 38.1 Å². The quantitative estimate of drug-likeness (QED) is 0.461. The summed E-state index contributed by atoms with van der Waals surface area (Å²) in [7, 11) is 0. The third kappa shape index (κ3) is 3.03. The first-order chi connectivity index (χ1) is 13.1. The van der Waals surface area contributed by atoms with Gasteiger partial charge in [-0.3, -0.25) is 9.59 Å². The molecule has 3 rings (SSSR count). The van der Waals surface area contributed by atoms with Crippen LogP contribution in [0.1, 0.15) is 66.0 Å². The second-order valence-corrected chi connectivity index (χ2v) is 7.73. The van der Waals surface area contributed by atoms with Crippen LogP contribution in [-0.2, 0) is 0 Å². The monoisotopic (exact) mass is 383 g/mol. The van der Waals surface area contributed by atoms with Crippen LogP contribution in [0.15, 0.2) is 30.3 Å². The molecule has 0 spiro atoms. The fourth-order valence-corrected chi connectivity index (χ4v) is 3.55. The van der Waals surface area contributed by atoms with Gasteiger partial charge in [0.25, 0.3) is 0 Å². The second kappa shape index (κ2) is 6.95. The number of ketones is 2. The lowest BCUT2D eigenvalue weighted by Crippen LogP contribution is -2.42. The van der Waals surface area contributed by atoms with E-state index < -0.39 is 23.3 Å². The molecule has 0 aliphatic heterocycles. The highest BCUT2D eigenvalue weighted by Gasteiger charge is 2.38. The Hall–Kier alpha value is -2.86. The summed E-state index contributed by atoms with van der Waals surface area (Å²) in [6.45, 7) is 7.33. The van der Waals surface area contributed by atoms with Gasteiger partial charge < -0.3 is 20.7 Å². The van der Waals surface area contributed by atoms with Crippen molar-refractivity contribution in [1.82, 2.24) is 0 Å². The molecule has 0 saturated carbocycles. The maximum absolute atomic E-state index is 13.0. The number of carbonyl (C=O) groups excluding carboxylic acids is 2. The van der Waals surface area contributed by atoms with E-state index in [2.05, 4.69) is 0 Å². The highest BCUT2D eigenvalue weighted by Crippen LogP contribution is 2.43. The van der Waals surface area contributed by atoms with Gasteiger partial charge in [0.05, 0.1) is 22.9 Å². The lowest BCUT2D eigenvalue weighted by atomic mass is 9.82. The Labute approximate surface area is 163 Å². The number of hydrogen-bond donors (Lipinski definition) is 3. The van der Waals surface area contributed by atoms with E-state index in [0.29, 0.717) is 6.42 Å². The van der Waals surface area contributed by atoms with E-state index in [4.69, 9.17) is 10.5 Å². The molecule has 1 aliphatic carbocycles. The van der Waals surface area contributed by atoms with Gasteiger partial charge >= 0.3 is 0 Å². The van der Waals surface area contributed by atoms with Crippen molar-refractivity contribution in [3.8, 4) is 11.5 Å². The molecule has 6 heteroatoms. The normalized spacial score (nSPS) is 15.6. The van der Waals surface area contributed by atoms with Gasteiger partial charge in [0, 0.05) is 23.1 Å². The van der Waals surface area contributed by atoms with Crippen LogP contribution in [0.4, 0.5) is 5.69 Å². The summed E-state index contributed by atoms with van der Waals surface area (Å²) >= 11 is 0. The number of ether oxygens (including phenoxy) is 1. The van der Waals surface area contributed by atoms with Crippen molar-refractivity contribution in [2.75, 3.05) is 5.73 Å². The van der Waals surface area contributed by atoms with Crippen LogP contribution < -0.4 is 10.5 Å². The Morgan fingerprint density at radius 2 is 1.64 bits per heavy atom. The second-order valence-electron chi connectivity index (χ2n) is 7.73. The number of rotatable bonds is 5. The van der Waals surface area contributed by atoms with Gasteiger partial charge in [0.15, 0.2) is 11.6 Å². The minimum Gasteiger partial charge on any atom is -0.507 e. The predicted octanol–water partition coefficient (Wildman–Crippen LogP) is 3.31. The Kier molecular flexibility index (Phi) is 4.93. The van der Waals surface area contributed by atoms with Gasteiger partial charge in [-0.25, -0.2) is 0 Å². The van der Waals surface area contributed by atoms with Crippen molar-refractivity contribution in [2.24, 2.45) is 5.92 Å². The van der Waals surface area contributed by atoms with Crippen LogP contribution in [0.25, 0.3) is 0 Å². The van der Waals surface area contributed by atoms with Crippen LogP contribution in [0.3, 0.4) is 0 Å². The molecule has 0 fully saturated rings. The van der Waals surface area contributed by atoms with Gasteiger partial charge in [-0.15, -0.1) is 0 Å². The average molecular weight is 383 g/mol. The van der Waals surface area contributed by atoms with Crippen LogP contribution in [0.5, 0.6) is 11.5 Å². The molecule has 0 heterocycles. The topological polar surface area (TPSA) is 110 Å². The lowest BCUT2D eigenvalue weighted by Gasteiger charge is -2.36. The molecule has 4 N–H and O–H groups in total. The van der Waals surface area contributed by atoms with Crippen LogP contribution in [0.2, 0.25) is 0 Å². The molecule has 0 amide bonds.